The molecule has 64 valence electrons. The van der Waals surface area contributed by atoms with Gasteiger partial charge < -0.3 is 5.11 Å². The first-order chi connectivity index (χ1) is 5.79. The molecule has 1 aromatic heterocycles. The van der Waals surface area contributed by atoms with E-state index in [0.29, 0.717) is 5.75 Å². The Hall–Kier alpha value is -0.880. The van der Waals surface area contributed by atoms with Gasteiger partial charge in [0.05, 0.1) is 0 Å². The fraction of sp³-hybridized carbons (Fsp3) is 0.167. The molecule has 0 radical (unpaired) electrons. The molecule has 12 heavy (non-hydrogen) atoms. The summed E-state index contributed by atoms with van der Waals surface area (Å²) >= 11 is 2.91. The Labute approximate surface area is 77.3 Å². The number of nitrogens with zero attached hydrogens (tertiary/aromatic N) is 2. The third kappa shape index (κ3) is 3.49. The second-order valence-corrected chi connectivity index (χ2v) is 3.86. The van der Waals surface area contributed by atoms with Crippen molar-refractivity contribution < 1.29 is 9.90 Å². The van der Waals surface area contributed by atoms with Gasteiger partial charge in [0.15, 0.2) is 4.34 Å². The summed E-state index contributed by atoms with van der Waals surface area (Å²) in [7, 11) is 0. The summed E-state index contributed by atoms with van der Waals surface area (Å²) in [5.74, 6) is -0.311. The largest absolute Gasteiger partial charge is 0.478 e. The third-order valence-electron chi connectivity index (χ3n) is 0.904. The van der Waals surface area contributed by atoms with E-state index in [1.54, 1.807) is 11.6 Å². The fourth-order valence-electron chi connectivity index (χ4n) is 0.494. The molecule has 1 heterocycles. The second-order valence-electron chi connectivity index (χ2n) is 1.76. The summed E-state index contributed by atoms with van der Waals surface area (Å²) in [6.07, 6.45) is 2.70. The summed E-state index contributed by atoms with van der Waals surface area (Å²) in [6, 6.07) is 0. The van der Waals surface area contributed by atoms with Crippen molar-refractivity contribution in [3.05, 3.63) is 17.7 Å². The Bertz CT molecular complexity index is 271. The molecule has 0 amide bonds. The first-order valence-electron chi connectivity index (χ1n) is 3.07. The lowest BCUT2D eigenvalue weighted by Gasteiger charge is -1.86. The molecule has 0 aliphatic rings. The van der Waals surface area contributed by atoms with Gasteiger partial charge in [-0.2, -0.15) is 0 Å². The maximum atomic E-state index is 10.0. The van der Waals surface area contributed by atoms with Crippen molar-refractivity contribution in [1.82, 2.24) is 10.2 Å². The van der Waals surface area contributed by atoms with Crippen LogP contribution in [0.25, 0.3) is 0 Å². The molecule has 6 heteroatoms. The molecular weight excluding hydrogens is 196 g/mol. The topological polar surface area (TPSA) is 63.1 Å². The SMILES string of the molecule is O=C(O)C=CCSc1nncs1. The predicted molar refractivity (Wildman–Crippen MR) is 47.4 cm³/mol. The van der Waals surface area contributed by atoms with Crippen molar-refractivity contribution in [2.75, 3.05) is 5.75 Å². The highest BCUT2D eigenvalue weighted by atomic mass is 32.2. The van der Waals surface area contributed by atoms with Crippen molar-refractivity contribution in [2.24, 2.45) is 0 Å². The van der Waals surface area contributed by atoms with Crippen LogP contribution in [-0.2, 0) is 4.79 Å². The number of hydrogen-bond donors (Lipinski definition) is 1. The standard InChI is InChI=1S/C6H6N2O2S2/c9-5(10)2-1-3-11-6-8-7-4-12-6/h1-2,4H,3H2,(H,9,10). The van der Waals surface area contributed by atoms with Crippen LogP contribution in [0, 0.1) is 0 Å². The molecule has 0 spiro atoms. The van der Waals surface area contributed by atoms with E-state index in [4.69, 9.17) is 5.11 Å². The Morgan fingerprint density at radius 2 is 2.67 bits per heavy atom. The monoisotopic (exact) mass is 202 g/mol. The average Bonchev–Trinajstić information content (AvgIpc) is 2.49. The normalized spacial score (nSPS) is 10.7. The van der Waals surface area contributed by atoms with E-state index in [1.807, 2.05) is 0 Å². The minimum atomic E-state index is -0.923. The first-order valence-corrected chi connectivity index (χ1v) is 4.94. The third-order valence-corrected chi connectivity index (χ3v) is 2.72. The van der Waals surface area contributed by atoms with Crippen LogP contribution in [0.3, 0.4) is 0 Å². The molecule has 0 fully saturated rings. The van der Waals surface area contributed by atoms with Gasteiger partial charge in [-0.05, 0) is 0 Å². The Balaban J connectivity index is 2.23. The zero-order valence-electron chi connectivity index (χ0n) is 6.01. The van der Waals surface area contributed by atoms with Gasteiger partial charge in [-0.15, -0.1) is 10.2 Å². The molecule has 0 unspecified atom stereocenters. The van der Waals surface area contributed by atoms with E-state index >= 15 is 0 Å². The maximum Gasteiger partial charge on any atom is 0.328 e. The number of carboxylic acid groups (broad SMARTS) is 1. The molecule has 0 aromatic carbocycles. The smallest absolute Gasteiger partial charge is 0.328 e. The van der Waals surface area contributed by atoms with Crippen LogP contribution in [0.5, 0.6) is 0 Å². The number of carboxylic acids is 1. The molecule has 1 rings (SSSR count). The Morgan fingerprint density at radius 3 is 3.25 bits per heavy atom. The van der Waals surface area contributed by atoms with Crippen molar-refractivity contribution in [3.8, 4) is 0 Å². The summed E-state index contributed by atoms with van der Waals surface area (Å²) in [5, 5.41) is 15.7. The average molecular weight is 202 g/mol. The van der Waals surface area contributed by atoms with E-state index in [1.165, 1.54) is 23.1 Å². The number of thioether (sulfide) groups is 1. The van der Waals surface area contributed by atoms with E-state index < -0.39 is 5.97 Å². The lowest BCUT2D eigenvalue weighted by atomic mass is 10.5. The van der Waals surface area contributed by atoms with Gasteiger partial charge in [0.25, 0.3) is 0 Å². The maximum absolute atomic E-state index is 10.0. The van der Waals surface area contributed by atoms with Gasteiger partial charge in [0.2, 0.25) is 0 Å². The number of aromatic nitrogens is 2. The van der Waals surface area contributed by atoms with Crippen LogP contribution < -0.4 is 0 Å². The summed E-state index contributed by atoms with van der Waals surface area (Å²) in [6.45, 7) is 0. The molecule has 4 nitrogen and oxygen atoms in total. The summed E-state index contributed by atoms with van der Waals surface area (Å²) < 4.78 is 0.852. The van der Waals surface area contributed by atoms with Gasteiger partial charge in [-0.1, -0.05) is 29.2 Å². The van der Waals surface area contributed by atoms with E-state index in [9.17, 15) is 4.79 Å². The van der Waals surface area contributed by atoms with Gasteiger partial charge >= 0.3 is 5.97 Å². The second kappa shape index (κ2) is 4.89. The van der Waals surface area contributed by atoms with Crippen LogP contribution in [-0.4, -0.2) is 27.0 Å². The molecule has 0 saturated heterocycles. The van der Waals surface area contributed by atoms with E-state index in [2.05, 4.69) is 10.2 Å². The highest BCUT2D eigenvalue weighted by molar-refractivity contribution is 8.01. The summed E-state index contributed by atoms with van der Waals surface area (Å²) in [4.78, 5) is 10.0. The molecule has 0 bridgehead atoms. The highest BCUT2D eigenvalue weighted by Crippen LogP contribution is 2.18. The van der Waals surface area contributed by atoms with Crippen molar-refractivity contribution in [2.45, 2.75) is 4.34 Å². The van der Waals surface area contributed by atoms with Gasteiger partial charge in [0.1, 0.15) is 5.51 Å². The molecule has 0 aliphatic carbocycles. The van der Waals surface area contributed by atoms with Crippen molar-refractivity contribution in [1.29, 1.82) is 0 Å². The zero-order valence-corrected chi connectivity index (χ0v) is 7.64. The molecule has 0 saturated carbocycles. The zero-order chi connectivity index (χ0) is 8.81. The van der Waals surface area contributed by atoms with E-state index in [-0.39, 0.29) is 0 Å². The summed E-state index contributed by atoms with van der Waals surface area (Å²) in [5.41, 5.74) is 1.64. The first kappa shape index (κ1) is 9.21. The molecule has 1 aromatic rings. The highest BCUT2D eigenvalue weighted by Gasteiger charge is 1.94. The van der Waals surface area contributed by atoms with Crippen molar-refractivity contribution >= 4 is 29.1 Å². The fourth-order valence-corrected chi connectivity index (χ4v) is 1.82. The molecule has 1 N–H and O–H groups in total. The number of aliphatic carboxylic acids is 1. The van der Waals surface area contributed by atoms with Gasteiger partial charge in [0, 0.05) is 11.8 Å². The van der Waals surface area contributed by atoms with Crippen LogP contribution >= 0.6 is 23.1 Å². The lowest BCUT2D eigenvalue weighted by molar-refractivity contribution is -0.131. The number of hydrogen-bond acceptors (Lipinski definition) is 5. The van der Waals surface area contributed by atoms with Crippen LogP contribution in [0.15, 0.2) is 22.0 Å². The van der Waals surface area contributed by atoms with Crippen LogP contribution in [0.1, 0.15) is 0 Å². The van der Waals surface area contributed by atoms with E-state index in [0.717, 1.165) is 10.4 Å². The quantitative estimate of drug-likeness (QED) is 0.588. The Kier molecular flexibility index (Phi) is 3.75. The number of rotatable bonds is 4. The molecular formula is C6H6N2O2S2. The van der Waals surface area contributed by atoms with Gasteiger partial charge in [-0.3, -0.25) is 0 Å². The van der Waals surface area contributed by atoms with Crippen LogP contribution in [0.2, 0.25) is 0 Å². The van der Waals surface area contributed by atoms with Gasteiger partial charge in [-0.25, -0.2) is 4.79 Å². The molecule has 0 aliphatic heterocycles. The molecule has 0 atom stereocenters. The van der Waals surface area contributed by atoms with Crippen molar-refractivity contribution in [3.63, 3.8) is 0 Å². The predicted octanol–water partition coefficient (Wildman–Crippen LogP) is 1.27. The minimum absolute atomic E-state index is 0.613. The Morgan fingerprint density at radius 1 is 1.83 bits per heavy atom. The number of carbonyl (C=O) groups is 1. The minimum Gasteiger partial charge on any atom is -0.478 e. The van der Waals surface area contributed by atoms with Crippen LogP contribution in [0.4, 0.5) is 0 Å². The lowest BCUT2D eigenvalue weighted by Crippen LogP contribution is -1.86.